The van der Waals surface area contributed by atoms with Gasteiger partial charge < -0.3 is 4.74 Å². The van der Waals surface area contributed by atoms with E-state index in [0.717, 1.165) is 5.76 Å². The van der Waals surface area contributed by atoms with E-state index in [1.165, 1.54) is 0 Å². The largest absolute Gasteiger partial charge is 0.494 e. The molecule has 0 aliphatic rings. The van der Waals surface area contributed by atoms with Gasteiger partial charge in [0.15, 0.2) is 0 Å². The van der Waals surface area contributed by atoms with Crippen LogP contribution in [0.1, 0.15) is 6.92 Å². The minimum Gasteiger partial charge on any atom is -0.494 e. The summed E-state index contributed by atoms with van der Waals surface area (Å²) in [5.41, 5.74) is 0. The summed E-state index contributed by atoms with van der Waals surface area (Å²) in [6.07, 6.45) is 6.96. The van der Waals surface area contributed by atoms with Gasteiger partial charge in [0.05, 0.1) is 6.61 Å². The maximum atomic E-state index is 5.19. The average Bonchev–Trinajstić information content (AvgIpc) is 1.90. The summed E-state index contributed by atoms with van der Waals surface area (Å²) in [4.78, 5) is 0. The van der Waals surface area contributed by atoms with Crippen LogP contribution >= 0.6 is 0 Å². The Bertz CT molecular complexity index is 143. The van der Waals surface area contributed by atoms with E-state index in [1.54, 1.807) is 24.3 Å². The Morgan fingerprint density at radius 2 is 2.30 bits per heavy atom. The fraction of sp³-hybridized carbons (Fsp3) is 0.222. The molecule has 10 heavy (non-hydrogen) atoms. The van der Waals surface area contributed by atoms with Crippen molar-refractivity contribution in [1.29, 1.82) is 0 Å². The molecule has 0 amide bonds. The van der Waals surface area contributed by atoms with E-state index in [1.807, 2.05) is 6.92 Å². The second-order valence-electron chi connectivity index (χ2n) is 1.64. The predicted octanol–water partition coefficient (Wildman–Crippen LogP) is 2.48. The molecule has 0 aliphatic carbocycles. The van der Waals surface area contributed by atoms with Crippen molar-refractivity contribution in [3.8, 4) is 0 Å². The van der Waals surface area contributed by atoms with Gasteiger partial charge >= 0.3 is 0 Å². The lowest BCUT2D eigenvalue weighted by molar-refractivity contribution is 0.242. The van der Waals surface area contributed by atoms with Crippen LogP contribution in [-0.4, -0.2) is 6.61 Å². The Balaban J connectivity index is 3.96. The lowest BCUT2D eigenvalue weighted by Crippen LogP contribution is -1.86. The van der Waals surface area contributed by atoms with Crippen LogP contribution in [0.5, 0.6) is 0 Å². The fourth-order valence-electron chi connectivity index (χ4n) is 0.551. The number of rotatable bonds is 4. The predicted molar refractivity (Wildman–Crippen MR) is 44.4 cm³/mol. The number of hydrogen-bond acceptors (Lipinski definition) is 1. The SMILES string of the molecule is [CH2]/C=C\C(=C/C=C)OCC. The Kier molecular flexibility index (Phi) is 5.54. The first kappa shape index (κ1) is 9.02. The van der Waals surface area contributed by atoms with Crippen LogP contribution in [-0.2, 0) is 4.74 Å². The molecule has 0 saturated carbocycles. The highest BCUT2D eigenvalue weighted by molar-refractivity contribution is 5.17. The highest BCUT2D eigenvalue weighted by Gasteiger charge is 1.85. The molecule has 1 nitrogen and oxygen atoms in total. The molecular formula is C9H13O. The molecule has 0 atom stereocenters. The van der Waals surface area contributed by atoms with Crippen LogP contribution in [0.4, 0.5) is 0 Å². The van der Waals surface area contributed by atoms with Crippen molar-refractivity contribution >= 4 is 0 Å². The molecule has 0 rings (SSSR count). The smallest absolute Gasteiger partial charge is 0.118 e. The summed E-state index contributed by atoms with van der Waals surface area (Å²) >= 11 is 0. The van der Waals surface area contributed by atoms with Crippen molar-refractivity contribution in [2.45, 2.75) is 6.92 Å². The second kappa shape index (κ2) is 6.14. The Hall–Kier alpha value is -0.980. The normalized spacial score (nSPS) is 12.0. The van der Waals surface area contributed by atoms with E-state index < -0.39 is 0 Å². The molecule has 0 aromatic rings. The van der Waals surface area contributed by atoms with Gasteiger partial charge in [0.1, 0.15) is 5.76 Å². The average molecular weight is 137 g/mol. The van der Waals surface area contributed by atoms with Crippen LogP contribution < -0.4 is 0 Å². The summed E-state index contributed by atoms with van der Waals surface area (Å²) in [5.74, 6) is 0.799. The number of hydrogen-bond donors (Lipinski definition) is 0. The monoisotopic (exact) mass is 137 g/mol. The maximum absolute atomic E-state index is 5.19. The molecule has 0 heterocycles. The third kappa shape index (κ3) is 3.96. The molecule has 0 saturated heterocycles. The number of ether oxygens (including phenoxy) is 1. The molecule has 0 unspecified atom stereocenters. The van der Waals surface area contributed by atoms with Crippen molar-refractivity contribution in [3.63, 3.8) is 0 Å². The summed E-state index contributed by atoms with van der Waals surface area (Å²) in [7, 11) is 0. The molecular weight excluding hydrogens is 124 g/mol. The van der Waals surface area contributed by atoms with Crippen molar-refractivity contribution < 1.29 is 4.74 Å². The van der Waals surface area contributed by atoms with Crippen molar-refractivity contribution in [3.05, 3.63) is 43.6 Å². The summed E-state index contributed by atoms with van der Waals surface area (Å²) in [5, 5.41) is 0. The molecule has 1 radical (unpaired) electrons. The van der Waals surface area contributed by atoms with Gasteiger partial charge in [-0.3, -0.25) is 0 Å². The van der Waals surface area contributed by atoms with E-state index in [9.17, 15) is 0 Å². The first-order valence-electron chi connectivity index (χ1n) is 3.26. The fourth-order valence-corrected chi connectivity index (χ4v) is 0.551. The first-order chi connectivity index (χ1) is 4.85. The highest BCUT2D eigenvalue weighted by Crippen LogP contribution is 1.98. The zero-order chi connectivity index (χ0) is 7.82. The highest BCUT2D eigenvalue weighted by atomic mass is 16.5. The minimum absolute atomic E-state index is 0.671. The first-order valence-corrected chi connectivity index (χ1v) is 3.26. The quantitative estimate of drug-likeness (QED) is 0.427. The van der Waals surface area contributed by atoms with Crippen LogP contribution in [0.2, 0.25) is 0 Å². The lowest BCUT2D eigenvalue weighted by atomic mass is 10.4. The standard InChI is InChI=1S/C9H13O/c1-4-7-9(8-5-2)10-6-3/h4-5,7-8H,1-2,6H2,3H3/b7-4-,9-8+. The molecule has 0 aromatic carbocycles. The Morgan fingerprint density at radius 1 is 1.60 bits per heavy atom. The zero-order valence-corrected chi connectivity index (χ0v) is 6.34. The molecule has 0 fully saturated rings. The van der Waals surface area contributed by atoms with Gasteiger partial charge in [-0.25, -0.2) is 0 Å². The summed E-state index contributed by atoms with van der Waals surface area (Å²) < 4.78 is 5.19. The Morgan fingerprint density at radius 3 is 2.70 bits per heavy atom. The second-order valence-corrected chi connectivity index (χ2v) is 1.64. The van der Waals surface area contributed by atoms with Gasteiger partial charge in [-0.1, -0.05) is 18.7 Å². The van der Waals surface area contributed by atoms with E-state index in [-0.39, 0.29) is 0 Å². The van der Waals surface area contributed by atoms with E-state index >= 15 is 0 Å². The van der Waals surface area contributed by atoms with Crippen LogP contribution in [0, 0.1) is 6.92 Å². The van der Waals surface area contributed by atoms with Crippen molar-refractivity contribution in [2.24, 2.45) is 0 Å². The topological polar surface area (TPSA) is 9.23 Å². The van der Waals surface area contributed by atoms with Crippen LogP contribution in [0.15, 0.2) is 36.6 Å². The molecule has 55 valence electrons. The van der Waals surface area contributed by atoms with Gasteiger partial charge in [0.25, 0.3) is 0 Å². The van der Waals surface area contributed by atoms with Crippen LogP contribution in [0.25, 0.3) is 0 Å². The molecule has 0 N–H and O–H groups in total. The van der Waals surface area contributed by atoms with E-state index in [0.29, 0.717) is 6.61 Å². The van der Waals surface area contributed by atoms with Gasteiger partial charge in [0.2, 0.25) is 0 Å². The molecule has 0 spiro atoms. The summed E-state index contributed by atoms with van der Waals surface area (Å²) in [6.45, 7) is 9.72. The van der Waals surface area contributed by atoms with Crippen molar-refractivity contribution in [1.82, 2.24) is 0 Å². The number of allylic oxidation sites excluding steroid dienone is 4. The van der Waals surface area contributed by atoms with E-state index in [2.05, 4.69) is 13.5 Å². The molecule has 0 aliphatic heterocycles. The van der Waals surface area contributed by atoms with E-state index in [4.69, 9.17) is 4.74 Å². The van der Waals surface area contributed by atoms with Gasteiger partial charge in [-0.05, 0) is 26.0 Å². The van der Waals surface area contributed by atoms with Crippen LogP contribution in [0.3, 0.4) is 0 Å². The molecule has 0 bridgehead atoms. The van der Waals surface area contributed by atoms with Gasteiger partial charge in [-0.2, -0.15) is 0 Å². The third-order valence-electron chi connectivity index (χ3n) is 0.875. The maximum Gasteiger partial charge on any atom is 0.118 e. The summed E-state index contributed by atoms with van der Waals surface area (Å²) in [6, 6.07) is 0. The lowest BCUT2D eigenvalue weighted by Gasteiger charge is -2.00. The zero-order valence-electron chi connectivity index (χ0n) is 6.34. The Labute approximate surface area is 62.7 Å². The van der Waals surface area contributed by atoms with Gasteiger partial charge in [0, 0.05) is 0 Å². The minimum atomic E-state index is 0.671. The molecule has 1 heteroatoms. The molecule has 0 aromatic heterocycles. The van der Waals surface area contributed by atoms with Gasteiger partial charge in [-0.15, -0.1) is 0 Å². The third-order valence-corrected chi connectivity index (χ3v) is 0.875. The van der Waals surface area contributed by atoms with Crippen molar-refractivity contribution in [2.75, 3.05) is 6.61 Å².